The predicted octanol–water partition coefficient (Wildman–Crippen LogP) is 2.83. The summed E-state index contributed by atoms with van der Waals surface area (Å²) in [5, 5.41) is 6.33. The zero-order valence-electron chi connectivity index (χ0n) is 13.7. The Morgan fingerprint density at radius 2 is 2.22 bits per heavy atom. The molecule has 1 aromatic rings. The van der Waals surface area contributed by atoms with Gasteiger partial charge in [-0.2, -0.15) is 0 Å². The Morgan fingerprint density at radius 3 is 2.78 bits per heavy atom. The molecule has 0 aromatic heterocycles. The zero-order valence-corrected chi connectivity index (χ0v) is 14.4. The van der Waals surface area contributed by atoms with Gasteiger partial charge >= 0.3 is 0 Å². The summed E-state index contributed by atoms with van der Waals surface area (Å²) in [6, 6.07) is 4.71. The van der Waals surface area contributed by atoms with Gasteiger partial charge in [0.25, 0.3) is 0 Å². The average molecular weight is 339 g/mol. The summed E-state index contributed by atoms with van der Waals surface area (Å²) >= 11 is 6.11. The highest BCUT2D eigenvalue weighted by molar-refractivity contribution is 6.30. The molecule has 0 aliphatic carbocycles. The number of carbonyl (C=O) groups is 2. The van der Waals surface area contributed by atoms with E-state index in [2.05, 4.69) is 24.5 Å². The van der Waals surface area contributed by atoms with Crippen molar-refractivity contribution in [1.82, 2.24) is 10.6 Å². The van der Waals surface area contributed by atoms with E-state index in [4.69, 9.17) is 16.3 Å². The molecule has 2 rings (SSSR count). The molecule has 23 heavy (non-hydrogen) atoms. The number of rotatable bonds is 6. The van der Waals surface area contributed by atoms with Gasteiger partial charge in [0.05, 0.1) is 13.2 Å². The number of halogens is 1. The van der Waals surface area contributed by atoms with Gasteiger partial charge in [-0.15, -0.1) is 0 Å². The van der Waals surface area contributed by atoms with Crippen LogP contribution in [0.4, 0.5) is 0 Å². The summed E-state index contributed by atoms with van der Waals surface area (Å²) < 4.78 is 5.41. The number of benzene rings is 1. The van der Waals surface area contributed by atoms with Crippen LogP contribution in [-0.4, -0.2) is 25.0 Å². The molecular formula is C17H23ClN2O3. The third kappa shape index (κ3) is 4.61. The predicted molar refractivity (Wildman–Crippen MR) is 89.5 cm³/mol. The van der Waals surface area contributed by atoms with Gasteiger partial charge in [0.2, 0.25) is 11.8 Å². The van der Waals surface area contributed by atoms with Crippen molar-refractivity contribution in [3.63, 3.8) is 0 Å². The first-order valence-electron chi connectivity index (χ1n) is 7.84. The number of ether oxygens (including phenoxy) is 1. The molecule has 5 nitrogen and oxygen atoms in total. The Morgan fingerprint density at radius 1 is 1.48 bits per heavy atom. The fraction of sp³-hybridized carbons (Fsp3) is 0.529. The highest BCUT2D eigenvalue weighted by Gasteiger charge is 2.29. The molecule has 0 spiro atoms. The Kier molecular flexibility index (Phi) is 5.88. The molecule has 1 aliphatic rings. The van der Waals surface area contributed by atoms with Crippen LogP contribution >= 0.6 is 11.6 Å². The van der Waals surface area contributed by atoms with E-state index in [1.165, 1.54) is 0 Å². The minimum Gasteiger partial charge on any atom is -0.496 e. The molecule has 0 saturated carbocycles. The van der Waals surface area contributed by atoms with E-state index in [0.717, 1.165) is 12.0 Å². The number of hydrogen-bond donors (Lipinski definition) is 2. The summed E-state index contributed by atoms with van der Waals surface area (Å²) in [7, 11) is 1.60. The maximum atomic E-state index is 12.4. The van der Waals surface area contributed by atoms with Crippen molar-refractivity contribution in [3.05, 3.63) is 28.8 Å². The second kappa shape index (κ2) is 7.68. The van der Waals surface area contributed by atoms with Crippen molar-refractivity contribution in [1.29, 1.82) is 0 Å². The third-order valence-corrected chi connectivity index (χ3v) is 4.14. The number of carbonyl (C=O) groups excluding carboxylic acids is 2. The molecule has 0 radical (unpaired) electrons. The van der Waals surface area contributed by atoms with Crippen LogP contribution in [-0.2, 0) is 9.59 Å². The molecule has 126 valence electrons. The van der Waals surface area contributed by atoms with Gasteiger partial charge in [0, 0.05) is 17.0 Å². The highest BCUT2D eigenvalue weighted by atomic mass is 35.5. The third-order valence-electron chi connectivity index (χ3n) is 3.90. The van der Waals surface area contributed by atoms with Gasteiger partial charge in [-0.05, 0) is 37.0 Å². The summed E-state index contributed by atoms with van der Waals surface area (Å²) in [6.45, 7) is 4.18. The fourth-order valence-electron chi connectivity index (χ4n) is 2.80. The number of nitrogens with one attached hydrogen (secondary N) is 2. The molecule has 0 bridgehead atoms. The maximum absolute atomic E-state index is 12.4. The molecule has 2 N–H and O–H groups in total. The minimum atomic E-state index is -0.456. The van der Waals surface area contributed by atoms with Crippen LogP contribution in [0.5, 0.6) is 5.75 Å². The van der Waals surface area contributed by atoms with Crippen molar-refractivity contribution in [2.24, 2.45) is 5.92 Å². The second-order valence-corrected chi connectivity index (χ2v) is 6.67. The molecule has 2 atom stereocenters. The van der Waals surface area contributed by atoms with Gasteiger partial charge in [-0.3, -0.25) is 9.59 Å². The van der Waals surface area contributed by atoms with Crippen LogP contribution in [0.1, 0.15) is 44.7 Å². The van der Waals surface area contributed by atoms with Crippen LogP contribution in [0.25, 0.3) is 0 Å². The molecule has 1 aromatic carbocycles. The average Bonchev–Trinajstić information content (AvgIpc) is 2.92. The molecule has 1 saturated heterocycles. The monoisotopic (exact) mass is 338 g/mol. The van der Waals surface area contributed by atoms with Crippen LogP contribution in [0, 0.1) is 5.92 Å². The first-order chi connectivity index (χ1) is 10.9. The van der Waals surface area contributed by atoms with Crippen LogP contribution in [0.2, 0.25) is 5.02 Å². The maximum Gasteiger partial charge on any atom is 0.243 e. The molecule has 1 aliphatic heterocycles. The van der Waals surface area contributed by atoms with Gasteiger partial charge in [0.1, 0.15) is 11.8 Å². The largest absolute Gasteiger partial charge is 0.496 e. The normalized spacial score (nSPS) is 18.7. The zero-order chi connectivity index (χ0) is 17.0. The lowest BCUT2D eigenvalue weighted by Gasteiger charge is -2.24. The Hall–Kier alpha value is -1.75. The van der Waals surface area contributed by atoms with Crippen molar-refractivity contribution < 1.29 is 14.3 Å². The summed E-state index contributed by atoms with van der Waals surface area (Å²) in [6.07, 6.45) is 1.68. The number of amides is 2. The molecule has 1 heterocycles. The Balaban J connectivity index is 2.21. The number of methoxy groups -OCH3 is 1. The lowest BCUT2D eigenvalue weighted by atomic mass is 9.95. The summed E-state index contributed by atoms with van der Waals surface area (Å²) in [5.74, 6) is 0.826. The van der Waals surface area contributed by atoms with Crippen LogP contribution in [0.3, 0.4) is 0 Å². The SMILES string of the molecule is COc1ccc(Cl)cc1[C@H](CC(C)C)NC(=O)[C@@H]1CCC(=O)N1. The highest BCUT2D eigenvalue weighted by Crippen LogP contribution is 2.32. The van der Waals surface area contributed by atoms with Crippen LogP contribution < -0.4 is 15.4 Å². The van der Waals surface area contributed by atoms with Crippen molar-refractivity contribution in [2.45, 2.75) is 45.2 Å². The van der Waals surface area contributed by atoms with Crippen molar-refractivity contribution in [3.8, 4) is 5.75 Å². The van der Waals surface area contributed by atoms with Crippen molar-refractivity contribution in [2.75, 3.05) is 7.11 Å². The van der Waals surface area contributed by atoms with Crippen LogP contribution in [0.15, 0.2) is 18.2 Å². The molecule has 2 amide bonds. The van der Waals surface area contributed by atoms with E-state index in [-0.39, 0.29) is 17.9 Å². The number of hydrogen-bond acceptors (Lipinski definition) is 3. The molecule has 1 fully saturated rings. The lowest BCUT2D eigenvalue weighted by Crippen LogP contribution is -2.43. The quantitative estimate of drug-likeness (QED) is 0.838. The molecule has 6 heteroatoms. The minimum absolute atomic E-state index is 0.0779. The topological polar surface area (TPSA) is 67.4 Å². The van der Waals surface area contributed by atoms with E-state index in [1.807, 2.05) is 6.07 Å². The first kappa shape index (κ1) is 17.6. The van der Waals surface area contributed by atoms with Gasteiger partial charge < -0.3 is 15.4 Å². The van der Waals surface area contributed by atoms with E-state index in [0.29, 0.717) is 29.5 Å². The van der Waals surface area contributed by atoms with E-state index >= 15 is 0 Å². The van der Waals surface area contributed by atoms with E-state index in [1.54, 1.807) is 19.2 Å². The summed E-state index contributed by atoms with van der Waals surface area (Å²) in [5.41, 5.74) is 0.853. The van der Waals surface area contributed by atoms with Gasteiger partial charge in [-0.1, -0.05) is 25.4 Å². The van der Waals surface area contributed by atoms with Gasteiger partial charge in [0.15, 0.2) is 0 Å². The lowest BCUT2D eigenvalue weighted by molar-refractivity contribution is -0.126. The first-order valence-corrected chi connectivity index (χ1v) is 8.21. The van der Waals surface area contributed by atoms with Gasteiger partial charge in [-0.25, -0.2) is 0 Å². The van der Waals surface area contributed by atoms with Crippen molar-refractivity contribution >= 4 is 23.4 Å². The molecular weight excluding hydrogens is 316 g/mol. The standard InChI is InChI=1S/C17H23ClN2O3/c1-10(2)8-14(12-9-11(18)4-6-15(12)23-3)20-17(22)13-5-7-16(21)19-13/h4,6,9-10,13-14H,5,7-8H2,1-3H3,(H,19,21)(H,20,22)/t13-,14-/m0/s1. The molecule has 0 unspecified atom stereocenters. The summed E-state index contributed by atoms with van der Waals surface area (Å²) in [4.78, 5) is 23.7. The fourth-order valence-corrected chi connectivity index (χ4v) is 2.98. The Bertz CT molecular complexity index is 589. The second-order valence-electron chi connectivity index (χ2n) is 6.24. The Labute approximate surface area is 141 Å². The van der Waals surface area contributed by atoms with E-state index in [9.17, 15) is 9.59 Å². The smallest absolute Gasteiger partial charge is 0.243 e. The van der Waals surface area contributed by atoms with E-state index < -0.39 is 6.04 Å².